The Hall–Kier alpha value is -2.64. The third kappa shape index (κ3) is 4.37. The van der Waals surface area contributed by atoms with Gasteiger partial charge in [-0.1, -0.05) is 0 Å². The van der Waals surface area contributed by atoms with Crippen LogP contribution in [0.4, 0.5) is 11.4 Å². The lowest BCUT2D eigenvalue weighted by atomic mass is 10.1. The first-order chi connectivity index (χ1) is 13.0. The standard InChI is InChI=1S/C19H25N3O5/c1-14(18(23)21-11-5-6-12-21)27-19(24)15-7-8-16(17(13-15)22(25)26)20-9-3-2-4-10-20/h7-8,13-14H,2-6,9-12H2,1H3. The topological polar surface area (TPSA) is 93.0 Å². The van der Waals surface area contributed by atoms with Gasteiger partial charge in [0.1, 0.15) is 5.69 Å². The van der Waals surface area contributed by atoms with Gasteiger partial charge in [0.15, 0.2) is 6.10 Å². The summed E-state index contributed by atoms with van der Waals surface area (Å²) < 4.78 is 5.26. The van der Waals surface area contributed by atoms with Crippen LogP contribution in [0.1, 0.15) is 49.4 Å². The number of hydrogen-bond acceptors (Lipinski definition) is 6. The quantitative estimate of drug-likeness (QED) is 0.446. The molecule has 1 amide bonds. The van der Waals surface area contributed by atoms with Crippen molar-refractivity contribution in [3.8, 4) is 0 Å². The van der Waals surface area contributed by atoms with Crippen molar-refractivity contribution in [2.24, 2.45) is 0 Å². The summed E-state index contributed by atoms with van der Waals surface area (Å²) in [6.45, 7) is 4.43. The number of ether oxygens (including phenoxy) is 1. The summed E-state index contributed by atoms with van der Waals surface area (Å²) in [5.74, 6) is -0.941. The maximum Gasteiger partial charge on any atom is 0.339 e. The molecule has 0 aromatic heterocycles. The molecule has 0 N–H and O–H groups in total. The van der Waals surface area contributed by atoms with E-state index in [2.05, 4.69) is 0 Å². The van der Waals surface area contributed by atoms with E-state index in [1.807, 2.05) is 4.90 Å². The molecule has 8 nitrogen and oxygen atoms in total. The number of esters is 1. The minimum absolute atomic E-state index is 0.0866. The lowest BCUT2D eigenvalue weighted by Gasteiger charge is -2.28. The third-order valence-electron chi connectivity index (χ3n) is 5.15. The molecule has 2 aliphatic rings. The Labute approximate surface area is 158 Å². The second-order valence-corrected chi connectivity index (χ2v) is 7.09. The van der Waals surface area contributed by atoms with E-state index < -0.39 is 17.0 Å². The summed E-state index contributed by atoms with van der Waals surface area (Å²) >= 11 is 0. The summed E-state index contributed by atoms with van der Waals surface area (Å²) in [7, 11) is 0. The fraction of sp³-hybridized carbons (Fsp3) is 0.579. The second kappa shape index (κ2) is 8.37. The summed E-state index contributed by atoms with van der Waals surface area (Å²) in [4.78, 5) is 39.4. The Morgan fingerprint density at radius 1 is 1.07 bits per heavy atom. The smallest absolute Gasteiger partial charge is 0.339 e. The number of hydrogen-bond donors (Lipinski definition) is 0. The monoisotopic (exact) mass is 375 g/mol. The van der Waals surface area contributed by atoms with E-state index in [-0.39, 0.29) is 17.2 Å². The molecule has 2 saturated heterocycles. The zero-order valence-electron chi connectivity index (χ0n) is 15.6. The first kappa shape index (κ1) is 19.1. The molecule has 1 aromatic carbocycles. The number of carbonyl (C=O) groups excluding carboxylic acids is 2. The normalized spacial score (nSPS) is 18.3. The number of amides is 1. The van der Waals surface area contributed by atoms with E-state index in [9.17, 15) is 19.7 Å². The highest BCUT2D eigenvalue weighted by Gasteiger charge is 2.28. The van der Waals surface area contributed by atoms with Gasteiger partial charge in [0.25, 0.3) is 11.6 Å². The van der Waals surface area contributed by atoms with Gasteiger partial charge in [0, 0.05) is 32.2 Å². The highest BCUT2D eigenvalue weighted by Crippen LogP contribution is 2.31. The number of nitro groups is 1. The van der Waals surface area contributed by atoms with Gasteiger partial charge in [0.05, 0.1) is 10.5 Å². The van der Waals surface area contributed by atoms with Crippen LogP contribution in [0.3, 0.4) is 0 Å². The van der Waals surface area contributed by atoms with Crippen molar-refractivity contribution in [3.63, 3.8) is 0 Å². The summed E-state index contributed by atoms with van der Waals surface area (Å²) in [6, 6.07) is 4.39. The van der Waals surface area contributed by atoms with E-state index in [0.717, 1.165) is 45.2 Å². The van der Waals surface area contributed by atoms with Gasteiger partial charge in [-0.3, -0.25) is 14.9 Å². The van der Waals surface area contributed by atoms with Crippen LogP contribution in [0.15, 0.2) is 18.2 Å². The molecular weight excluding hydrogens is 350 g/mol. The Morgan fingerprint density at radius 3 is 2.33 bits per heavy atom. The van der Waals surface area contributed by atoms with Gasteiger partial charge in [-0.2, -0.15) is 0 Å². The average Bonchev–Trinajstić information content (AvgIpc) is 3.22. The van der Waals surface area contributed by atoms with E-state index in [1.54, 1.807) is 11.0 Å². The molecule has 2 heterocycles. The molecule has 0 saturated carbocycles. The van der Waals surface area contributed by atoms with Gasteiger partial charge in [-0.15, -0.1) is 0 Å². The van der Waals surface area contributed by atoms with E-state index in [4.69, 9.17) is 4.74 Å². The van der Waals surface area contributed by atoms with Crippen LogP contribution in [0.25, 0.3) is 0 Å². The van der Waals surface area contributed by atoms with Gasteiger partial charge in [0.2, 0.25) is 0 Å². The van der Waals surface area contributed by atoms with E-state index in [0.29, 0.717) is 18.8 Å². The number of nitro benzene ring substituents is 1. The first-order valence-corrected chi connectivity index (χ1v) is 9.50. The van der Waals surface area contributed by atoms with Crippen LogP contribution < -0.4 is 4.90 Å². The highest BCUT2D eigenvalue weighted by atomic mass is 16.6. The van der Waals surface area contributed by atoms with Crippen molar-refractivity contribution in [2.45, 2.75) is 45.1 Å². The largest absolute Gasteiger partial charge is 0.449 e. The average molecular weight is 375 g/mol. The number of likely N-dealkylation sites (tertiary alicyclic amines) is 1. The molecule has 146 valence electrons. The maximum absolute atomic E-state index is 12.4. The van der Waals surface area contributed by atoms with E-state index >= 15 is 0 Å². The molecule has 1 aromatic rings. The van der Waals surface area contributed by atoms with Crippen LogP contribution in [-0.2, 0) is 9.53 Å². The van der Waals surface area contributed by atoms with Crippen LogP contribution in [0.2, 0.25) is 0 Å². The van der Waals surface area contributed by atoms with Crippen LogP contribution >= 0.6 is 0 Å². The molecule has 2 fully saturated rings. The van der Waals surface area contributed by atoms with Crippen molar-refractivity contribution < 1.29 is 19.2 Å². The Balaban J connectivity index is 1.73. The fourth-order valence-corrected chi connectivity index (χ4v) is 3.67. The fourth-order valence-electron chi connectivity index (χ4n) is 3.67. The number of nitrogens with zero attached hydrogens (tertiary/aromatic N) is 3. The van der Waals surface area contributed by atoms with Gasteiger partial charge in [-0.05, 0) is 51.2 Å². The number of carbonyl (C=O) groups is 2. The van der Waals surface area contributed by atoms with Crippen molar-refractivity contribution in [2.75, 3.05) is 31.1 Å². The summed E-state index contributed by atoms with van der Waals surface area (Å²) in [5, 5.41) is 11.5. The number of rotatable bonds is 5. The molecule has 0 aliphatic carbocycles. The first-order valence-electron chi connectivity index (χ1n) is 9.50. The zero-order valence-corrected chi connectivity index (χ0v) is 15.6. The predicted molar refractivity (Wildman–Crippen MR) is 99.9 cm³/mol. The lowest BCUT2D eigenvalue weighted by molar-refractivity contribution is -0.384. The molecule has 27 heavy (non-hydrogen) atoms. The van der Waals surface area contributed by atoms with Crippen molar-refractivity contribution in [1.29, 1.82) is 0 Å². The Morgan fingerprint density at radius 2 is 1.70 bits per heavy atom. The molecule has 8 heteroatoms. The lowest BCUT2D eigenvalue weighted by Crippen LogP contribution is -2.38. The van der Waals surface area contributed by atoms with Crippen molar-refractivity contribution in [3.05, 3.63) is 33.9 Å². The number of anilines is 1. The summed E-state index contributed by atoms with van der Waals surface area (Å²) in [5.41, 5.74) is 0.505. The predicted octanol–water partition coefficient (Wildman–Crippen LogP) is 2.75. The zero-order chi connectivity index (χ0) is 19.4. The van der Waals surface area contributed by atoms with Crippen LogP contribution in [0.5, 0.6) is 0 Å². The maximum atomic E-state index is 12.4. The minimum Gasteiger partial charge on any atom is -0.449 e. The van der Waals surface area contributed by atoms with Gasteiger partial charge < -0.3 is 14.5 Å². The molecule has 1 unspecified atom stereocenters. The molecular formula is C19H25N3O5. The van der Waals surface area contributed by atoms with Crippen LogP contribution in [-0.4, -0.2) is 54.0 Å². The molecule has 3 rings (SSSR count). The van der Waals surface area contributed by atoms with Crippen molar-refractivity contribution in [1.82, 2.24) is 4.90 Å². The molecule has 0 spiro atoms. The molecule has 1 atom stereocenters. The second-order valence-electron chi connectivity index (χ2n) is 7.09. The number of piperidine rings is 1. The van der Waals surface area contributed by atoms with E-state index in [1.165, 1.54) is 19.1 Å². The third-order valence-corrected chi connectivity index (χ3v) is 5.15. The summed E-state index contributed by atoms with van der Waals surface area (Å²) in [6.07, 6.45) is 4.12. The number of benzene rings is 1. The van der Waals surface area contributed by atoms with Gasteiger partial charge >= 0.3 is 5.97 Å². The SMILES string of the molecule is CC(OC(=O)c1ccc(N2CCCCC2)c([N+](=O)[O-])c1)C(=O)N1CCCC1. The highest BCUT2D eigenvalue weighted by molar-refractivity contribution is 5.93. The minimum atomic E-state index is -0.906. The van der Waals surface area contributed by atoms with Crippen LogP contribution in [0, 0.1) is 10.1 Å². The Bertz CT molecular complexity index is 724. The molecule has 0 bridgehead atoms. The molecule has 0 radical (unpaired) electrons. The molecule has 2 aliphatic heterocycles. The Kier molecular flexibility index (Phi) is 5.93. The van der Waals surface area contributed by atoms with Gasteiger partial charge in [-0.25, -0.2) is 4.79 Å². The van der Waals surface area contributed by atoms with Crippen molar-refractivity contribution >= 4 is 23.3 Å².